The SMILES string of the molecule is COc1ccc(N2C(=S)NC(c3ccccn3)C2c2ccc(-c3ccc(F)cc3Br)o2)c(OC)c1. The van der Waals surface area contributed by atoms with Gasteiger partial charge in [-0.3, -0.25) is 4.98 Å². The first-order valence-corrected chi connectivity index (χ1v) is 12.0. The van der Waals surface area contributed by atoms with Crippen molar-refractivity contribution >= 4 is 38.9 Å². The van der Waals surface area contributed by atoms with Crippen LogP contribution in [0.2, 0.25) is 0 Å². The lowest BCUT2D eigenvalue weighted by molar-refractivity contribution is 0.392. The molecule has 178 valence electrons. The van der Waals surface area contributed by atoms with E-state index in [1.54, 1.807) is 26.5 Å². The number of ether oxygens (including phenoxy) is 2. The Labute approximate surface area is 215 Å². The van der Waals surface area contributed by atoms with E-state index in [0.29, 0.717) is 32.6 Å². The van der Waals surface area contributed by atoms with Crippen molar-refractivity contribution in [2.75, 3.05) is 19.1 Å². The molecule has 2 unspecified atom stereocenters. The topological polar surface area (TPSA) is 59.8 Å². The van der Waals surface area contributed by atoms with Gasteiger partial charge in [-0.2, -0.15) is 0 Å². The van der Waals surface area contributed by atoms with Crippen LogP contribution in [-0.2, 0) is 0 Å². The van der Waals surface area contributed by atoms with Gasteiger partial charge in [-0.05, 0) is 82.7 Å². The van der Waals surface area contributed by atoms with Gasteiger partial charge >= 0.3 is 0 Å². The Kier molecular flexibility index (Phi) is 6.44. The van der Waals surface area contributed by atoms with Gasteiger partial charge in [-0.25, -0.2) is 4.39 Å². The maximum atomic E-state index is 13.6. The fourth-order valence-electron chi connectivity index (χ4n) is 4.23. The van der Waals surface area contributed by atoms with Crippen molar-refractivity contribution in [3.05, 3.63) is 94.7 Å². The minimum atomic E-state index is -0.368. The number of hydrogen-bond donors (Lipinski definition) is 1. The third-order valence-electron chi connectivity index (χ3n) is 5.86. The summed E-state index contributed by atoms with van der Waals surface area (Å²) in [6.45, 7) is 0. The second-order valence-electron chi connectivity index (χ2n) is 7.86. The number of rotatable bonds is 6. The third kappa shape index (κ3) is 4.37. The van der Waals surface area contributed by atoms with Crippen molar-refractivity contribution in [2.45, 2.75) is 12.1 Å². The zero-order chi connectivity index (χ0) is 24.5. The second-order valence-corrected chi connectivity index (χ2v) is 9.10. The molecule has 1 aliphatic rings. The molecule has 35 heavy (non-hydrogen) atoms. The number of benzene rings is 2. The zero-order valence-electron chi connectivity index (χ0n) is 18.9. The molecule has 4 aromatic rings. The molecule has 6 nitrogen and oxygen atoms in total. The van der Waals surface area contributed by atoms with Crippen LogP contribution in [-0.4, -0.2) is 24.3 Å². The summed E-state index contributed by atoms with van der Waals surface area (Å²) in [7, 11) is 3.21. The van der Waals surface area contributed by atoms with E-state index in [2.05, 4.69) is 26.2 Å². The van der Waals surface area contributed by atoms with Crippen molar-refractivity contribution in [1.82, 2.24) is 10.3 Å². The van der Waals surface area contributed by atoms with Crippen LogP contribution in [0, 0.1) is 5.82 Å². The Bertz CT molecular complexity index is 1380. The quantitative estimate of drug-likeness (QED) is 0.276. The molecule has 1 aliphatic heterocycles. The number of pyridine rings is 1. The monoisotopic (exact) mass is 553 g/mol. The first kappa shape index (κ1) is 23.3. The smallest absolute Gasteiger partial charge is 0.174 e. The summed E-state index contributed by atoms with van der Waals surface area (Å²) < 4.78 is 31.7. The molecule has 0 spiro atoms. The van der Waals surface area contributed by atoms with Crippen molar-refractivity contribution in [2.24, 2.45) is 0 Å². The summed E-state index contributed by atoms with van der Waals surface area (Å²) in [5.74, 6) is 2.21. The van der Waals surface area contributed by atoms with E-state index in [4.69, 9.17) is 26.1 Å². The molecule has 2 aromatic heterocycles. The van der Waals surface area contributed by atoms with Crippen LogP contribution in [0.1, 0.15) is 23.5 Å². The molecule has 1 fully saturated rings. The highest BCUT2D eigenvalue weighted by molar-refractivity contribution is 9.10. The van der Waals surface area contributed by atoms with Gasteiger partial charge in [-0.15, -0.1) is 0 Å². The zero-order valence-corrected chi connectivity index (χ0v) is 21.3. The van der Waals surface area contributed by atoms with Crippen LogP contribution < -0.4 is 19.7 Å². The Balaban J connectivity index is 1.63. The molecular formula is C26H21BrFN3O3S. The number of halogens is 2. The summed E-state index contributed by atoms with van der Waals surface area (Å²) in [4.78, 5) is 6.53. The van der Waals surface area contributed by atoms with Gasteiger partial charge in [0.25, 0.3) is 0 Å². The third-order valence-corrected chi connectivity index (χ3v) is 6.83. The van der Waals surface area contributed by atoms with Gasteiger partial charge in [0, 0.05) is 22.3 Å². The Hall–Kier alpha value is -3.43. The fraction of sp³-hybridized carbons (Fsp3) is 0.154. The number of aromatic nitrogens is 1. The molecule has 0 radical (unpaired) electrons. The number of nitrogens with one attached hydrogen (secondary N) is 1. The van der Waals surface area contributed by atoms with E-state index in [-0.39, 0.29) is 17.9 Å². The van der Waals surface area contributed by atoms with E-state index in [9.17, 15) is 4.39 Å². The molecule has 0 amide bonds. The minimum absolute atomic E-state index is 0.286. The lowest BCUT2D eigenvalue weighted by Crippen LogP contribution is -2.29. The van der Waals surface area contributed by atoms with E-state index < -0.39 is 0 Å². The predicted octanol–water partition coefficient (Wildman–Crippen LogP) is 6.44. The summed E-state index contributed by atoms with van der Waals surface area (Å²) >= 11 is 9.22. The number of nitrogens with zero attached hydrogens (tertiary/aromatic N) is 2. The van der Waals surface area contributed by atoms with Gasteiger partial charge in [0.1, 0.15) is 34.9 Å². The Morgan fingerprint density at radius 2 is 1.91 bits per heavy atom. The highest BCUT2D eigenvalue weighted by Crippen LogP contribution is 2.46. The Morgan fingerprint density at radius 3 is 2.63 bits per heavy atom. The number of thiocarbonyl (C=S) groups is 1. The maximum absolute atomic E-state index is 13.6. The van der Waals surface area contributed by atoms with Crippen LogP contribution >= 0.6 is 28.1 Å². The lowest BCUT2D eigenvalue weighted by Gasteiger charge is -2.27. The van der Waals surface area contributed by atoms with Gasteiger partial charge < -0.3 is 24.1 Å². The molecule has 9 heteroatoms. The van der Waals surface area contributed by atoms with Crippen molar-refractivity contribution in [3.8, 4) is 22.8 Å². The van der Waals surface area contributed by atoms with E-state index in [1.807, 2.05) is 53.4 Å². The molecule has 5 rings (SSSR count). The normalized spacial score (nSPS) is 17.4. The number of hydrogen-bond acceptors (Lipinski definition) is 5. The largest absolute Gasteiger partial charge is 0.497 e. The van der Waals surface area contributed by atoms with Crippen molar-refractivity contribution < 1.29 is 18.3 Å². The van der Waals surface area contributed by atoms with Gasteiger partial charge in [-0.1, -0.05) is 6.07 Å². The first-order chi connectivity index (χ1) is 17.0. The average Bonchev–Trinajstić information content (AvgIpc) is 3.48. The van der Waals surface area contributed by atoms with Crippen LogP contribution in [0.3, 0.4) is 0 Å². The molecule has 1 N–H and O–H groups in total. The number of methoxy groups -OCH3 is 2. The fourth-order valence-corrected chi connectivity index (χ4v) is 5.12. The standard InChI is InChI=1S/C26H21BrFN3O3S/c1-32-16-7-9-20(23(14-16)33-2)31-25(24(30-26(31)35)19-5-3-4-12-29-19)22-11-10-21(34-22)17-8-6-15(28)13-18(17)27/h3-14,24-25H,1-2H3,(H,30,35). The maximum Gasteiger partial charge on any atom is 0.174 e. The van der Waals surface area contributed by atoms with Crippen molar-refractivity contribution in [1.29, 1.82) is 0 Å². The molecule has 2 atom stereocenters. The average molecular weight is 554 g/mol. The highest BCUT2D eigenvalue weighted by Gasteiger charge is 2.43. The van der Waals surface area contributed by atoms with Crippen molar-refractivity contribution in [3.63, 3.8) is 0 Å². The van der Waals surface area contributed by atoms with E-state index in [1.165, 1.54) is 12.1 Å². The van der Waals surface area contributed by atoms with Crippen LogP contribution in [0.4, 0.5) is 10.1 Å². The molecule has 0 aliphatic carbocycles. The molecule has 2 aromatic carbocycles. The van der Waals surface area contributed by atoms with Gasteiger partial charge in [0.2, 0.25) is 0 Å². The highest BCUT2D eigenvalue weighted by atomic mass is 79.9. The molecule has 3 heterocycles. The summed E-state index contributed by atoms with van der Waals surface area (Å²) in [6.07, 6.45) is 1.75. The van der Waals surface area contributed by atoms with Crippen LogP contribution in [0.5, 0.6) is 11.5 Å². The first-order valence-electron chi connectivity index (χ1n) is 10.8. The summed E-state index contributed by atoms with van der Waals surface area (Å²) in [6, 6.07) is 18.9. The predicted molar refractivity (Wildman–Crippen MR) is 139 cm³/mol. The lowest BCUT2D eigenvalue weighted by atomic mass is 10.0. The number of anilines is 1. The minimum Gasteiger partial charge on any atom is -0.497 e. The van der Waals surface area contributed by atoms with E-state index in [0.717, 1.165) is 16.9 Å². The number of furan rings is 1. The van der Waals surface area contributed by atoms with Crippen LogP contribution in [0.25, 0.3) is 11.3 Å². The molecule has 0 bridgehead atoms. The molecule has 0 saturated carbocycles. The van der Waals surface area contributed by atoms with E-state index >= 15 is 0 Å². The molecular weight excluding hydrogens is 533 g/mol. The summed E-state index contributed by atoms with van der Waals surface area (Å²) in [5.41, 5.74) is 2.32. The Morgan fingerprint density at radius 1 is 1.06 bits per heavy atom. The van der Waals surface area contributed by atoms with Gasteiger partial charge in [0.15, 0.2) is 5.11 Å². The molecule has 1 saturated heterocycles. The second kappa shape index (κ2) is 9.67. The van der Waals surface area contributed by atoms with Gasteiger partial charge in [0.05, 0.1) is 31.6 Å². The summed E-state index contributed by atoms with van der Waals surface area (Å²) in [5, 5.41) is 3.91. The van der Waals surface area contributed by atoms with Crippen LogP contribution in [0.15, 0.2) is 81.8 Å².